The van der Waals surface area contributed by atoms with E-state index in [1.807, 2.05) is 26.0 Å². The molecule has 1 saturated heterocycles. The SMILES string of the molecule is Cc1ccc(F)c(N2CCCC(Nc3nccc(C)n3)C2)c1. The van der Waals surface area contributed by atoms with Crippen LogP contribution in [0.4, 0.5) is 16.0 Å². The molecule has 1 N–H and O–H groups in total. The van der Waals surface area contributed by atoms with Crippen molar-refractivity contribution in [3.63, 3.8) is 0 Å². The molecule has 1 aliphatic rings. The minimum atomic E-state index is -0.155. The standard InChI is InChI=1S/C17H21FN4/c1-12-5-6-15(18)16(10-12)22-9-3-4-14(11-22)21-17-19-8-7-13(2)20-17/h5-8,10,14H,3-4,9,11H2,1-2H3,(H,19,20,21). The normalized spacial score (nSPS) is 18.3. The summed E-state index contributed by atoms with van der Waals surface area (Å²) in [4.78, 5) is 10.7. The molecule has 1 unspecified atom stereocenters. The van der Waals surface area contributed by atoms with Crippen molar-refractivity contribution in [1.29, 1.82) is 0 Å². The zero-order chi connectivity index (χ0) is 15.5. The smallest absolute Gasteiger partial charge is 0.223 e. The van der Waals surface area contributed by atoms with Crippen LogP contribution < -0.4 is 10.2 Å². The number of aromatic nitrogens is 2. The first-order valence-corrected chi connectivity index (χ1v) is 7.69. The van der Waals surface area contributed by atoms with Crippen molar-refractivity contribution in [2.24, 2.45) is 0 Å². The van der Waals surface area contributed by atoms with Crippen molar-refractivity contribution in [3.8, 4) is 0 Å². The van der Waals surface area contributed by atoms with Crippen LogP contribution in [0.1, 0.15) is 24.1 Å². The maximum atomic E-state index is 14.1. The molecule has 0 amide bonds. The molecule has 0 radical (unpaired) electrons. The van der Waals surface area contributed by atoms with Gasteiger partial charge in [0.15, 0.2) is 0 Å². The van der Waals surface area contributed by atoms with Gasteiger partial charge in [0, 0.05) is 31.0 Å². The van der Waals surface area contributed by atoms with Crippen LogP contribution in [-0.2, 0) is 0 Å². The Labute approximate surface area is 130 Å². The summed E-state index contributed by atoms with van der Waals surface area (Å²) in [5, 5.41) is 3.37. The van der Waals surface area contributed by atoms with E-state index >= 15 is 0 Å². The van der Waals surface area contributed by atoms with Crippen molar-refractivity contribution < 1.29 is 4.39 Å². The van der Waals surface area contributed by atoms with Gasteiger partial charge in [0.2, 0.25) is 5.95 Å². The molecule has 1 aliphatic heterocycles. The predicted molar refractivity (Wildman–Crippen MR) is 86.8 cm³/mol. The van der Waals surface area contributed by atoms with Crippen LogP contribution in [0.3, 0.4) is 0 Å². The zero-order valence-corrected chi connectivity index (χ0v) is 13.0. The molecule has 4 nitrogen and oxygen atoms in total. The molecule has 1 aromatic carbocycles. The largest absolute Gasteiger partial charge is 0.367 e. The van der Waals surface area contributed by atoms with Crippen molar-refractivity contribution in [3.05, 3.63) is 47.5 Å². The number of hydrogen-bond donors (Lipinski definition) is 1. The molecule has 2 heterocycles. The summed E-state index contributed by atoms with van der Waals surface area (Å²) in [6, 6.07) is 7.38. The van der Waals surface area contributed by atoms with Crippen LogP contribution >= 0.6 is 0 Å². The molecule has 1 fully saturated rings. The summed E-state index contributed by atoms with van der Waals surface area (Å²) in [6.07, 6.45) is 3.82. The van der Waals surface area contributed by atoms with Gasteiger partial charge in [-0.2, -0.15) is 0 Å². The highest BCUT2D eigenvalue weighted by molar-refractivity contribution is 5.51. The molecule has 1 aromatic heterocycles. The second-order valence-electron chi connectivity index (χ2n) is 5.91. The zero-order valence-electron chi connectivity index (χ0n) is 13.0. The van der Waals surface area contributed by atoms with Gasteiger partial charge < -0.3 is 10.2 Å². The molecular weight excluding hydrogens is 279 g/mol. The number of nitrogens with zero attached hydrogens (tertiary/aromatic N) is 3. The minimum Gasteiger partial charge on any atom is -0.367 e. The number of piperidine rings is 1. The summed E-state index contributed by atoms with van der Waals surface area (Å²) in [5.41, 5.74) is 2.71. The average molecular weight is 300 g/mol. The lowest BCUT2D eigenvalue weighted by Crippen LogP contribution is -2.42. The molecule has 3 rings (SSSR count). The van der Waals surface area contributed by atoms with Gasteiger partial charge in [-0.05, 0) is 50.5 Å². The Morgan fingerprint density at radius 3 is 2.95 bits per heavy atom. The fraction of sp³-hybridized carbons (Fsp3) is 0.412. The van der Waals surface area contributed by atoms with E-state index in [0.29, 0.717) is 11.6 Å². The number of halogens is 1. The van der Waals surface area contributed by atoms with Crippen LogP contribution in [0.25, 0.3) is 0 Å². The summed E-state index contributed by atoms with van der Waals surface area (Å²) < 4.78 is 14.1. The van der Waals surface area contributed by atoms with Crippen molar-refractivity contribution in [1.82, 2.24) is 9.97 Å². The first kappa shape index (κ1) is 14.8. The summed E-state index contributed by atoms with van der Waals surface area (Å²) in [7, 11) is 0. The van der Waals surface area contributed by atoms with E-state index in [9.17, 15) is 4.39 Å². The molecule has 1 atom stereocenters. The van der Waals surface area contributed by atoms with Crippen molar-refractivity contribution in [2.75, 3.05) is 23.3 Å². The van der Waals surface area contributed by atoms with Crippen LogP contribution in [0.2, 0.25) is 0 Å². The van der Waals surface area contributed by atoms with Crippen molar-refractivity contribution >= 4 is 11.6 Å². The second kappa shape index (κ2) is 6.30. The van der Waals surface area contributed by atoms with E-state index in [2.05, 4.69) is 20.2 Å². The van der Waals surface area contributed by atoms with Gasteiger partial charge in [-0.15, -0.1) is 0 Å². The van der Waals surface area contributed by atoms with E-state index in [1.54, 1.807) is 18.3 Å². The third-order valence-corrected chi connectivity index (χ3v) is 3.99. The number of rotatable bonds is 3. The Kier molecular flexibility index (Phi) is 4.22. The fourth-order valence-electron chi connectivity index (χ4n) is 2.88. The van der Waals surface area contributed by atoms with Gasteiger partial charge in [-0.25, -0.2) is 14.4 Å². The third-order valence-electron chi connectivity index (χ3n) is 3.99. The van der Waals surface area contributed by atoms with Crippen LogP contribution in [0.15, 0.2) is 30.5 Å². The first-order valence-electron chi connectivity index (χ1n) is 7.69. The number of anilines is 2. The molecule has 0 saturated carbocycles. The lowest BCUT2D eigenvalue weighted by molar-refractivity contribution is 0.516. The predicted octanol–water partition coefficient (Wildman–Crippen LogP) is 3.31. The number of benzene rings is 1. The highest BCUT2D eigenvalue weighted by atomic mass is 19.1. The van der Waals surface area contributed by atoms with E-state index in [0.717, 1.165) is 37.2 Å². The average Bonchev–Trinajstić information content (AvgIpc) is 2.50. The van der Waals surface area contributed by atoms with Gasteiger partial charge in [0.05, 0.1) is 5.69 Å². The fourth-order valence-corrected chi connectivity index (χ4v) is 2.88. The van der Waals surface area contributed by atoms with E-state index in [4.69, 9.17) is 0 Å². The molecule has 5 heteroatoms. The van der Waals surface area contributed by atoms with Gasteiger partial charge in [-0.3, -0.25) is 0 Å². The van der Waals surface area contributed by atoms with Gasteiger partial charge in [0.25, 0.3) is 0 Å². The van der Waals surface area contributed by atoms with Gasteiger partial charge in [-0.1, -0.05) is 6.07 Å². The quantitative estimate of drug-likeness (QED) is 0.944. The number of aryl methyl sites for hydroxylation is 2. The monoisotopic (exact) mass is 300 g/mol. The lowest BCUT2D eigenvalue weighted by Gasteiger charge is -2.35. The molecule has 0 bridgehead atoms. The Hall–Kier alpha value is -2.17. The minimum absolute atomic E-state index is 0.155. The third kappa shape index (κ3) is 3.35. The van der Waals surface area contributed by atoms with E-state index < -0.39 is 0 Å². The molecule has 0 spiro atoms. The van der Waals surface area contributed by atoms with Gasteiger partial charge >= 0.3 is 0 Å². The van der Waals surface area contributed by atoms with Crippen LogP contribution in [-0.4, -0.2) is 29.1 Å². The maximum absolute atomic E-state index is 14.1. The number of nitrogens with one attached hydrogen (secondary N) is 1. The summed E-state index contributed by atoms with van der Waals surface area (Å²) in [5.74, 6) is 0.495. The molecule has 0 aliphatic carbocycles. The highest BCUT2D eigenvalue weighted by Gasteiger charge is 2.22. The summed E-state index contributed by atoms with van der Waals surface area (Å²) >= 11 is 0. The molecule has 2 aromatic rings. The summed E-state index contributed by atoms with van der Waals surface area (Å²) in [6.45, 7) is 5.58. The number of hydrogen-bond acceptors (Lipinski definition) is 4. The Bertz CT molecular complexity index is 659. The van der Waals surface area contributed by atoms with Crippen molar-refractivity contribution in [2.45, 2.75) is 32.7 Å². The van der Waals surface area contributed by atoms with Crippen LogP contribution in [0.5, 0.6) is 0 Å². The topological polar surface area (TPSA) is 41.0 Å². The molecule has 116 valence electrons. The maximum Gasteiger partial charge on any atom is 0.223 e. The Morgan fingerprint density at radius 2 is 2.14 bits per heavy atom. The van der Waals surface area contributed by atoms with E-state index in [-0.39, 0.29) is 11.9 Å². The lowest BCUT2D eigenvalue weighted by atomic mass is 10.0. The second-order valence-corrected chi connectivity index (χ2v) is 5.91. The van der Waals surface area contributed by atoms with E-state index in [1.165, 1.54) is 0 Å². The molecule has 22 heavy (non-hydrogen) atoms. The Balaban J connectivity index is 1.72. The Morgan fingerprint density at radius 1 is 1.27 bits per heavy atom. The van der Waals surface area contributed by atoms with Gasteiger partial charge in [0.1, 0.15) is 5.82 Å². The highest BCUT2D eigenvalue weighted by Crippen LogP contribution is 2.25. The molecular formula is C17H21FN4. The first-order chi connectivity index (χ1) is 10.6. The van der Waals surface area contributed by atoms with Crippen LogP contribution in [0, 0.1) is 19.7 Å².